The van der Waals surface area contributed by atoms with Gasteiger partial charge in [0.05, 0.1) is 29.2 Å². The van der Waals surface area contributed by atoms with Crippen molar-refractivity contribution in [1.29, 1.82) is 5.26 Å². The molecule has 0 fully saturated rings. The van der Waals surface area contributed by atoms with Crippen molar-refractivity contribution in [1.82, 2.24) is 0 Å². The van der Waals surface area contributed by atoms with Crippen molar-refractivity contribution < 1.29 is 28.5 Å². The quantitative estimate of drug-likeness (QED) is 0.501. The molecule has 9 heteroatoms. The van der Waals surface area contributed by atoms with Gasteiger partial charge in [-0.3, -0.25) is 4.79 Å². The number of halogens is 1. The number of hydrogen-bond acceptors (Lipinski definition) is 8. The zero-order valence-corrected chi connectivity index (χ0v) is 18.1. The molecule has 1 aliphatic rings. The van der Waals surface area contributed by atoms with E-state index in [0.717, 1.165) is 0 Å². The lowest BCUT2D eigenvalue weighted by Gasteiger charge is -2.27. The molecule has 0 bridgehead atoms. The van der Waals surface area contributed by atoms with E-state index in [1.165, 1.54) is 6.92 Å². The van der Waals surface area contributed by atoms with Crippen LogP contribution in [-0.4, -0.2) is 25.2 Å². The molecular formula is C20H21BrN2O6. The number of ether oxygens (including phenoxy) is 4. The van der Waals surface area contributed by atoms with Crippen LogP contribution >= 0.6 is 15.9 Å². The zero-order valence-electron chi connectivity index (χ0n) is 16.5. The van der Waals surface area contributed by atoms with Crippen molar-refractivity contribution in [3.8, 4) is 17.6 Å². The number of nitriles is 1. The minimum absolute atomic E-state index is 0.0632. The molecule has 1 aliphatic heterocycles. The van der Waals surface area contributed by atoms with Crippen molar-refractivity contribution in [2.24, 2.45) is 5.73 Å². The average Bonchev–Trinajstić information content (AvgIpc) is 2.63. The van der Waals surface area contributed by atoms with E-state index in [0.29, 0.717) is 16.6 Å². The Morgan fingerprint density at radius 1 is 1.31 bits per heavy atom. The van der Waals surface area contributed by atoms with Gasteiger partial charge >= 0.3 is 11.9 Å². The van der Waals surface area contributed by atoms with Crippen molar-refractivity contribution in [3.63, 3.8) is 0 Å². The fraction of sp³-hybridized carbons (Fsp3) is 0.350. The second-order valence-corrected chi connectivity index (χ2v) is 6.83. The number of nitrogens with two attached hydrogens (primary N) is 1. The van der Waals surface area contributed by atoms with Crippen LogP contribution in [0.5, 0.6) is 11.5 Å². The second-order valence-electron chi connectivity index (χ2n) is 5.97. The van der Waals surface area contributed by atoms with Crippen molar-refractivity contribution >= 4 is 27.9 Å². The number of esters is 2. The molecule has 2 rings (SSSR count). The van der Waals surface area contributed by atoms with E-state index in [2.05, 4.69) is 15.9 Å². The summed E-state index contributed by atoms with van der Waals surface area (Å²) < 4.78 is 21.8. The summed E-state index contributed by atoms with van der Waals surface area (Å²) in [7, 11) is 0. The molecule has 1 atom stereocenters. The van der Waals surface area contributed by atoms with Gasteiger partial charge < -0.3 is 24.7 Å². The summed E-state index contributed by atoms with van der Waals surface area (Å²) in [4.78, 5) is 24.1. The van der Waals surface area contributed by atoms with Gasteiger partial charge in [-0.1, -0.05) is 0 Å². The van der Waals surface area contributed by atoms with Gasteiger partial charge in [-0.05, 0) is 54.4 Å². The van der Waals surface area contributed by atoms with E-state index in [-0.39, 0.29) is 40.9 Å². The average molecular weight is 465 g/mol. The molecular weight excluding hydrogens is 444 g/mol. The van der Waals surface area contributed by atoms with E-state index < -0.39 is 17.9 Å². The first-order chi connectivity index (χ1) is 13.7. The van der Waals surface area contributed by atoms with Crippen LogP contribution in [0.15, 0.2) is 39.4 Å². The van der Waals surface area contributed by atoms with Gasteiger partial charge in [0.1, 0.15) is 17.4 Å². The molecule has 0 spiro atoms. The lowest BCUT2D eigenvalue weighted by Crippen LogP contribution is -2.25. The Labute approximate surface area is 177 Å². The first-order valence-electron chi connectivity index (χ1n) is 8.85. The van der Waals surface area contributed by atoms with Gasteiger partial charge in [-0.15, -0.1) is 0 Å². The number of benzene rings is 1. The lowest BCUT2D eigenvalue weighted by molar-refractivity contribution is -0.139. The molecule has 154 valence electrons. The summed E-state index contributed by atoms with van der Waals surface area (Å²) in [6.45, 7) is 6.77. The molecule has 0 aromatic heterocycles. The van der Waals surface area contributed by atoms with Crippen molar-refractivity contribution in [2.75, 3.05) is 13.2 Å². The number of carbonyl (C=O) groups excluding carboxylic acids is 2. The minimum Gasteiger partial charge on any atom is -0.490 e. The zero-order chi connectivity index (χ0) is 21.7. The van der Waals surface area contributed by atoms with Crippen LogP contribution in [0.4, 0.5) is 0 Å². The minimum atomic E-state index is -0.838. The number of allylic oxidation sites excluding steroid dienone is 2. The van der Waals surface area contributed by atoms with E-state index >= 15 is 0 Å². The van der Waals surface area contributed by atoms with Crippen molar-refractivity contribution in [2.45, 2.75) is 33.6 Å². The Kier molecular flexibility index (Phi) is 7.29. The Bertz CT molecular complexity index is 945. The standard InChI is InChI=1S/C20H21BrN2O6/c1-5-26-15-8-12(7-14(21)18(15)29-11(4)24)17-13(9-22)19(23)28-10(3)16(17)20(25)27-6-2/h7-8,17H,5-6,23H2,1-4H3. The van der Waals surface area contributed by atoms with Gasteiger partial charge in [0.25, 0.3) is 0 Å². The third-order valence-electron chi connectivity index (χ3n) is 4.01. The number of carbonyl (C=O) groups is 2. The van der Waals surface area contributed by atoms with Gasteiger partial charge in [0.15, 0.2) is 11.5 Å². The van der Waals surface area contributed by atoms with E-state index in [4.69, 9.17) is 24.7 Å². The van der Waals surface area contributed by atoms with Crippen LogP contribution < -0.4 is 15.2 Å². The number of rotatable bonds is 6. The molecule has 0 saturated carbocycles. The molecule has 8 nitrogen and oxygen atoms in total. The van der Waals surface area contributed by atoms with Gasteiger partial charge in [-0.25, -0.2) is 4.79 Å². The molecule has 1 heterocycles. The van der Waals surface area contributed by atoms with Crippen molar-refractivity contribution in [3.05, 3.63) is 45.0 Å². The number of nitrogens with zero attached hydrogens (tertiary/aromatic N) is 1. The summed E-state index contributed by atoms with van der Waals surface area (Å²) in [6, 6.07) is 5.24. The van der Waals surface area contributed by atoms with E-state index in [9.17, 15) is 14.9 Å². The Hall–Kier alpha value is -2.99. The fourth-order valence-corrected chi connectivity index (χ4v) is 3.49. The third-order valence-corrected chi connectivity index (χ3v) is 4.60. The highest BCUT2D eigenvalue weighted by Gasteiger charge is 2.37. The highest BCUT2D eigenvalue weighted by molar-refractivity contribution is 9.10. The van der Waals surface area contributed by atoms with Crippen LogP contribution in [0.3, 0.4) is 0 Å². The van der Waals surface area contributed by atoms with Crippen LogP contribution in [0.2, 0.25) is 0 Å². The summed E-state index contributed by atoms with van der Waals surface area (Å²) in [5, 5.41) is 9.67. The van der Waals surface area contributed by atoms with Gasteiger partial charge in [-0.2, -0.15) is 5.26 Å². The predicted octanol–water partition coefficient (Wildman–Crippen LogP) is 3.42. The monoisotopic (exact) mass is 464 g/mol. The first kappa shape index (κ1) is 22.3. The summed E-state index contributed by atoms with van der Waals surface area (Å²) in [6.07, 6.45) is 0. The normalized spacial score (nSPS) is 16.1. The molecule has 0 aliphatic carbocycles. The molecule has 1 aromatic rings. The maximum atomic E-state index is 12.6. The molecule has 2 N–H and O–H groups in total. The SMILES string of the molecule is CCOC(=O)C1=C(C)OC(N)=C(C#N)C1c1cc(Br)c(OC(C)=O)c(OCC)c1. The summed E-state index contributed by atoms with van der Waals surface area (Å²) in [5.74, 6) is -1.36. The first-order valence-corrected chi connectivity index (χ1v) is 9.64. The third kappa shape index (κ3) is 4.71. The number of hydrogen-bond donors (Lipinski definition) is 1. The van der Waals surface area contributed by atoms with E-state index in [1.807, 2.05) is 6.07 Å². The highest BCUT2D eigenvalue weighted by atomic mass is 79.9. The van der Waals surface area contributed by atoms with E-state index in [1.54, 1.807) is 32.9 Å². The van der Waals surface area contributed by atoms with Crippen LogP contribution in [0.25, 0.3) is 0 Å². The fourth-order valence-electron chi connectivity index (χ4n) is 2.95. The Morgan fingerprint density at radius 2 is 2.00 bits per heavy atom. The maximum absolute atomic E-state index is 12.6. The molecule has 0 amide bonds. The maximum Gasteiger partial charge on any atom is 0.338 e. The predicted molar refractivity (Wildman–Crippen MR) is 107 cm³/mol. The highest BCUT2D eigenvalue weighted by Crippen LogP contribution is 2.45. The summed E-state index contributed by atoms with van der Waals surface area (Å²) in [5.41, 5.74) is 6.65. The van der Waals surface area contributed by atoms with Gasteiger partial charge in [0, 0.05) is 6.92 Å². The largest absolute Gasteiger partial charge is 0.490 e. The Morgan fingerprint density at radius 3 is 2.55 bits per heavy atom. The molecule has 0 radical (unpaired) electrons. The van der Waals surface area contributed by atoms with Crippen LogP contribution in [-0.2, 0) is 19.1 Å². The topological polar surface area (TPSA) is 121 Å². The smallest absolute Gasteiger partial charge is 0.338 e. The molecule has 0 saturated heterocycles. The summed E-state index contributed by atoms with van der Waals surface area (Å²) >= 11 is 3.37. The molecule has 1 unspecified atom stereocenters. The molecule has 29 heavy (non-hydrogen) atoms. The lowest BCUT2D eigenvalue weighted by atomic mass is 9.83. The Balaban J connectivity index is 2.72. The second kappa shape index (κ2) is 9.47. The van der Waals surface area contributed by atoms with Crippen LogP contribution in [0, 0.1) is 11.3 Å². The molecule has 1 aromatic carbocycles. The van der Waals surface area contributed by atoms with Crippen LogP contribution in [0.1, 0.15) is 39.2 Å². The van der Waals surface area contributed by atoms with Gasteiger partial charge in [0.2, 0.25) is 5.88 Å².